The average Bonchev–Trinajstić information content (AvgIpc) is 2.77. The van der Waals surface area contributed by atoms with Crippen LogP contribution in [-0.4, -0.2) is 19.2 Å². The summed E-state index contributed by atoms with van der Waals surface area (Å²) >= 11 is 0. The fourth-order valence-electron chi connectivity index (χ4n) is 3.12. The second-order valence-corrected chi connectivity index (χ2v) is 8.68. The largest absolute Gasteiger partial charge is 0.482 e. The lowest BCUT2D eigenvalue weighted by Gasteiger charge is -2.19. The number of unbranched alkanes of at least 4 members (excludes halogenated alkanes) is 2. The van der Waals surface area contributed by atoms with Crippen molar-refractivity contribution in [3.8, 4) is 17.2 Å². The molecule has 3 aromatic rings. The highest BCUT2D eigenvalue weighted by Crippen LogP contribution is 2.27. The third-order valence-electron chi connectivity index (χ3n) is 5.03. The Morgan fingerprint density at radius 3 is 2.41 bits per heavy atom. The van der Waals surface area contributed by atoms with Crippen LogP contribution < -0.4 is 14.9 Å². The molecule has 1 aromatic heterocycles. The Balaban J connectivity index is 1.66. The molecule has 6 nitrogen and oxygen atoms in total. The molecule has 0 atom stereocenters. The summed E-state index contributed by atoms with van der Waals surface area (Å²) in [4.78, 5) is 24.6. The van der Waals surface area contributed by atoms with Gasteiger partial charge in [-0.2, -0.15) is 0 Å². The van der Waals surface area contributed by atoms with Crippen LogP contribution in [0.2, 0.25) is 0 Å². The molecule has 2 aromatic carbocycles. The third kappa shape index (κ3) is 6.13. The van der Waals surface area contributed by atoms with E-state index in [9.17, 15) is 9.59 Å². The highest BCUT2D eigenvalue weighted by Gasteiger charge is 2.14. The molecule has 32 heavy (non-hydrogen) atoms. The van der Waals surface area contributed by atoms with Crippen LogP contribution in [-0.2, 0) is 14.9 Å². The van der Waals surface area contributed by atoms with Gasteiger partial charge in [0.15, 0.2) is 6.61 Å². The monoisotopic (exact) mass is 438 g/mol. The molecule has 0 bridgehead atoms. The lowest BCUT2D eigenvalue weighted by atomic mass is 9.87. The Hall–Kier alpha value is -3.28. The molecule has 0 fully saturated rings. The summed E-state index contributed by atoms with van der Waals surface area (Å²) in [5.41, 5.74) is 1.27. The van der Waals surface area contributed by atoms with Gasteiger partial charge >= 0.3 is 5.97 Å². The molecule has 3 rings (SSSR count). The Bertz CT molecular complexity index is 1110. The van der Waals surface area contributed by atoms with E-state index in [0.717, 1.165) is 19.3 Å². The maximum absolute atomic E-state index is 12.8. The van der Waals surface area contributed by atoms with E-state index in [-0.39, 0.29) is 23.2 Å². The van der Waals surface area contributed by atoms with Crippen molar-refractivity contribution in [2.24, 2.45) is 0 Å². The molecule has 0 aliphatic heterocycles. The normalized spacial score (nSPS) is 11.4. The first-order valence-corrected chi connectivity index (χ1v) is 10.9. The first kappa shape index (κ1) is 23.4. The van der Waals surface area contributed by atoms with E-state index in [4.69, 9.17) is 18.6 Å². The molecule has 0 spiro atoms. The zero-order chi connectivity index (χ0) is 23.1. The molecule has 0 aliphatic rings. The first-order chi connectivity index (χ1) is 15.3. The smallest absolute Gasteiger partial charge is 0.344 e. The Kier molecular flexibility index (Phi) is 7.57. The van der Waals surface area contributed by atoms with Crippen LogP contribution in [0.25, 0.3) is 11.0 Å². The summed E-state index contributed by atoms with van der Waals surface area (Å²) in [6, 6.07) is 12.4. The van der Waals surface area contributed by atoms with Gasteiger partial charge in [-0.05, 0) is 41.7 Å². The van der Waals surface area contributed by atoms with Crippen molar-refractivity contribution in [2.45, 2.75) is 52.4 Å². The number of esters is 1. The Morgan fingerprint density at radius 2 is 1.72 bits per heavy atom. The predicted octanol–water partition coefficient (Wildman–Crippen LogP) is 6.00. The standard InChI is InChI=1S/C26H30O6/c1-5-6-7-14-29-24(27)17-30-20-12-13-21-22(15-20)31-16-23(25(21)28)32-19-10-8-18(9-11-19)26(2,3)4/h8-13,15-16H,5-7,14,17H2,1-4H3. The van der Waals surface area contributed by atoms with E-state index < -0.39 is 5.97 Å². The zero-order valence-electron chi connectivity index (χ0n) is 19.1. The van der Waals surface area contributed by atoms with Crippen LogP contribution >= 0.6 is 0 Å². The van der Waals surface area contributed by atoms with E-state index in [1.165, 1.54) is 11.8 Å². The quantitative estimate of drug-likeness (QED) is 0.301. The number of carbonyl (C=O) groups is 1. The Morgan fingerprint density at radius 1 is 1.00 bits per heavy atom. The van der Waals surface area contributed by atoms with E-state index >= 15 is 0 Å². The highest BCUT2D eigenvalue weighted by atomic mass is 16.6. The van der Waals surface area contributed by atoms with E-state index in [1.807, 2.05) is 24.3 Å². The van der Waals surface area contributed by atoms with Crippen LogP contribution in [0.15, 0.2) is 57.9 Å². The minimum atomic E-state index is -0.427. The topological polar surface area (TPSA) is 75.0 Å². The summed E-state index contributed by atoms with van der Waals surface area (Å²) in [5.74, 6) is 0.647. The summed E-state index contributed by atoms with van der Waals surface area (Å²) in [6.07, 6.45) is 4.21. The number of hydrogen-bond acceptors (Lipinski definition) is 6. The van der Waals surface area contributed by atoms with Gasteiger partial charge in [0, 0.05) is 6.07 Å². The number of benzene rings is 2. The fourth-order valence-corrected chi connectivity index (χ4v) is 3.12. The molecule has 0 aliphatic carbocycles. The van der Waals surface area contributed by atoms with Crippen LogP contribution in [0.4, 0.5) is 0 Å². The molecule has 0 radical (unpaired) electrons. The van der Waals surface area contributed by atoms with Crippen LogP contribution in [0.3, 0.4) is 0 Å². The molecule has 6 heteroatoms. The molecular formula is C26H30O6. The van der Waals surface area contributed by atoms with Gasteiger partial charge in [0.2, 0.25) is 11.2 Å². The molecular weight excluding hydrogens is 408 g/mol. The SMILES string of the molecule is CCCCCOC(=O)COc1ccc2c(=O)c(Oc3ccc(C(C)(C)C)cc3)coc2c1. The summed E-state index contributed by atoms with van der Waals surface area (Å²) in [7, 11) is 0. The molecule has 0 saturated carbocycles. The van der Waals surface area contributed by atoms with Crippen molar-refractivity contribution in [3.63, 3.8) is 0 Å². The maximum Gasteiger partial charge on any atom is 0.344 e. The Labute approximate surface area is 188 Å². The van der Waals surface area contributed by atoms with Crippen LogP contribution in [0, 0.1) is 0 Å². The second-order valence-electron chi connectivity index (χ2n) is 8.68. The molecule has 0 amide bonds. The van der Waals surface area contributed by atoms with E-state index in [2.05, 4.69) is 27.7 Å². The maximum atomic E-state index is 12.8. The van der Waals surface area contributed by atoms with Gasteiger partial charge in [0.25, 0.3) is 0 Å². The summed E-state index contributed by atoms with van der Waals surface area (Å²) in [6.45, 7) is 8.68. The van der Waals surface area contributed by atoms with Crippen molar-refractivity contribution in [2.75, 3.05) is 13.2 Å². The molecule has 0 unspecified atom stereocenters. The van der Waals surface area contributed by atoms with Gasteiger partial charge in [-0.1, -0.05) is 52.7 Å². The number of fused-ring (bicyclic) bond motifs is 1. The van der Waals surface area contributed by atoms with Crippen LogP contribution in [0.1, 0.15) is 52.5 Å². The van der Waals surface area contributed by atoms with Crippen molar-refractivity contribution in [3.05, 3.63) is 64.5 Å². The number of carbonyl (C=O) groups excluding carboxylic acids is 1. The first-order valence-electron chi connectivity index (χ1n) is 10.9. The molecule has 170 valence electrons. The lowest BCUT2D eigenvalue weighted by molar-refractivity contribution is -0.146. The van der Waals surface area contributed by atoms with E-state index in [0.29, 0.717) is 29.1 Å². The van der Waals surface area contributed by atoms with E-state index in [1.54, 1.807) is 18.2 Å². The summed E-state index contributed by atoms with van der Waals surface area (Å²) in [5, 5.41) is 0.364. The lowest BCUT2D eigenvalue weighted by Crippen LogP contribution is -2.15. The average molecular weight is 439 g/mol. The molecule has 0 saturated heterocycles. The predicted molar refractivity (Wildman–Crippen MR) is 124 cm³/mol. The number of rotatable bonds is 9. The number of hydrogen-bond donors (Lipinski definition) is 0. The second kappa shape index (κ2) is 10.4. The van der Waals surface area contributed by atoms with Gasteiger partial charge < -0.3 is 18.6 Å². The van der Waals surface area contributed by atoms with Crippen molar-refractivity contribution >= 4 is 16.9 Å². The van der Waals surface area contributed by atoms with Crippen molar-refractivity contribution in [1.29, 1.82) is 0 Å². The van der Waals surface area contributed by atoms with Gasteiger partial charge in [0.1, 0.15) is 23.3 Å². The minimum absolute atomic E-state index is 0.0338. The van der Waals surface area contributed by atoms with Gasteiger partial charge in [-0.25, -0.2) is 4.79 Å². The van der Waals surface area contributed by atoms with Crippen LogP contribution in [0.5, 0.6) is 17.2 Å². The van der Waals surface area contributed by atoms with Gasteiger partial charge in [-0.15, -0.1) is 0 Å². The van der Waals surface area contributed by atoms with Crippen molar-refractivity contribution in [1.82, 2.24) is 0 Å². The van der Waals surface area contributed by atoms with Crippen molar-refractivity contribution < 1.29 is 23.4 Å². The highest BCUT2D eigenvalue weighted by molar-refractivity contribution is 5.79. The minimum Gasteiger partial charge on any atom is -0.482 e. The molecule has 0 N–H and O–H groups in total. The fraction of sp³-hybridized carbons (Fsp3) is 0.385. The molecule has 1 heterocycles. The van der Waals surface area contributed by atoms with Gasteiger partial charge in [-0.3, -0.25) is 4.79 Å². The number of ether oxygens (including phenoxy) is 3. The van der Waals surface area contributed by atoms with Gasteiger partial charge in [0.05, 0.1) is 12.0 Å². The summed E-state index contributed by atoms with van der Waals surface area (Å²) < 4.78 is 21.9. The zero-order valence-corrected chi connectivity index (χ0v) is 19.1. The third-order valence-corrected chi connectivity index (χ3v) is 5.03.